The predicted molar refractivity (Wildman–Crippen MR) is 118 cm³/mol. The third-order valence-corrected chi connectivity index (χ3v) is 5.88. The molecule has 0 fully saturated rings. The van der Waals surface area contributed by atoms with E-state index >= 15 is 0 Å². The maximum atomic E-state index is 13.2. The van der Waals surface area contributed by atoms with E-state index in [-0.39, 0.29) is 6.42 Å². The Morgan fingerprint density at radius 1 is 1.10 bits per heavy atom. The van der Waals surface area contributed by atoms with Crippen molar-refractivity contribution in [2.24, 2.45) is 0 Å². The van der Waals surface area contributed by atoms with E-state index in [4.69, 9.17) is 4.74 Å². The van der Waals surface area contributed by atoms with Crippen LogP contribution in [0, 0.1) is 0 Å². The highest BCUT2D eigenvalue weighted by Gasteiger charge is 2.49. The van der Waals surface area contributed by atoms with Crippen molar-refractivity contribution in [1.82, 2.24) is 9.80 Å². The minimum absolute atomic E-state index is 0.115. The molecule has 1 heterocycles. The SMILES string of the molecule is CCCCC1=CC2=CC(=O)C(C)(OC(=O)CC)C(=O)C2=CN1CCCN(CC)CC. The first-order chi connectivity index (χ1) is 14.3. The number of rotatable bonds is 11. The maximum Gasteiger partial charge on any atom is 0.306 e. The summed E-state index contributed by atoms with van der Waals surface area (Å²) in [6.07, 6.45) is 9.37. The summed E-state index contributed by atoms with van der Waals surface area (Å²) in [5.74, 6) is -1.46. The third kappa shape index (κ3) is 5.28. The van der Waals surface area contributed by atoms with Gasteiger partial charge in [0, 0.05) is 30.4 Å². The van der Waals surface area contributed by atoms with Gasteiger partial charge in [-0.3, -0.25) is 14.4 Å². The number of Topliss-reactive ketones (excluding diaryl/α,β-unsaturated/α-hetero) is 1. The number of ketones is 2. The van der Waals surface area contributed by atoms with Crippen molar-refractivity contribution in [1.29, 1.82) is 0 Å². The third-order valence-electron chi connectivity index (χ3n) is 5.88. The van der Waals surface area contributed by atoms with Crippen LogP contribution in [-0.4, -0.2) is 59.1 Å². The summed E-state index contributed by atoms with van der Waals surface area (Å²) in [5, 5.41) is 0. The zero-order valence-electron chi connectivity index (χ0n) is 19.1. The average Bonchev–Trinajstić information content (AvgIpc) is 2.74. The smallest absolute Gasteiger partial charge is 0.306 e. The number of carbonyl (C=O) groups is 3. The summed E-state index contributed by atoms with van der Waals surface area (Å²) in [6, 6.07) is 0. The van der Waals surface area contributed by atoms with E-state index in [9.17, 15) is 14.4 Å². The molecule has 2 aliphatic rings. The lowest BCUT2D eigenvalue weighted by atomic mass is 9.79. The molecule has 1 aliphatic heterocycles. The van der Waals surface area contributed by atoms with Crippen molar-refractivity contribution in [2.45, 2.75) is 72.3 Å². The van der Waals surface area contributed by atoms with Crippen LogP contribution in [0.1, 0.15) is 66.7 Å². The quantitative estimate of drug-likeness (QED) is 0.377. The van der Waals surface area contributed by atoms with Crippen molar-refractivity contribution < 1.29 is 19.1 Å². The van der Waals surface area contributed by atoms with Crippen LogP contribution >= 0.6 is 0 Å². The molecule has 0 saturated heterocycles. The summed E-state index contributed by atoms with van der Waals surface area (Å²) in [5.41, 5.74) is 0.427. The first kappa shape index (κ1) is 24.1. The lowest BCUT2D eigenvalue weighted by Gasteiger charge is -2.35. The number of ether oxygens (including phenoxy) is 1. The van der Waals surface area contributed by atoms with Gasteiger partial charge in [0.1, 0.15) is 0 Å². The van der Waals surface area contributed by atoms with Crippen molar-refractivity contribution in [3.8, 4) is 0 Å². The van der Waals surface area contributed by atoms with E-state index in [1.807, 2.05) is 12.3 Å². The maximum absolute atomic E-state index is 13.2. The fourth-order valence-electron chi connectivity index (χ4n) is 3.79. The minimum Gasteiger partial charge on any atom is -0.442 e. The number of nitrogens with zero attached hydrogens (tertiary/aromatic N) is 2. The van der Waals surface area contributed by atoms with Gasteiger partial charge in [0.2, 0.25) is 17.2 Å². The van der Waals surface area contributed by atoms with E-state index in [1.165, 1.54) is 13.0 Å². The van der Waals surface area contributed by atoms with Gasteiger partial charge in [-0.15, -0.1) is 0 Å². The zero-order chi connectivity index (χ0) is 22.3. The van der Waals surface area contributed by atoms with Crippen LogP contribution < -0.4 is 0 Å². The van der Waals surface area contributed by atoms with Crippen molar-refractivity contribution in [3.63, 3.8) is 0 Å². The molecule has 0 aromatic rings. The summed E-state index contributed by atoms with van der Waals surface area (Å²) < 4.78 is 5.30. The lowest BCUT2D eigenvalue weighted by molar-refractivity contribution is -0.168. The van der Waals surface area contributed by atoms with Crippen LogP contribution in [-0.2, 0) is 19.1 Å². The highest BCUT2D eigenvalue weighted by Crippen LogP contribution is 2.35. The monoisotopic (exact) mass is 416 g/mol. The highest BCUT2D eigenvalue weighted by molar-refractivity contribution is 6.26. The number of fused-ring (bicyclic) bond motifs is 1. The predicted octanol–water partition coefficient (Wildman–Crippen LogP) is 3.78. The second-order valence-electron chi connectivity index (χ2n) is 8.01. The van der Waals surface area contributed by atoms with Crippen molar-refractivity contribution in [2.75, 3.05) is 26.2 Å². The second-order valence-corrected chi connectivity index (χ2v) is 8.01. The molecule has 0 spiro atoms. The normalized spacial score (nSPS) is 21.3. The minimum atomic E-state index is -1.77. The molecule has 0 amide bonds. The van der Waals surface area contributed by atoms with Gasteiger partial charge in [0.25, 0.3) is 0 Å². The topological polar surface area (TPSA) is 66.9 Å². The summed E-state index contributed by atoms with van der Waals surface area (Å²) in [7, 11) is 0. The van der Waals surface area contributed by atoms with E-state index in [1.54, 1.807) is 6.92 Å². The number of allylic oxidation sites excluding steroid dienone is 3. The number of esters is 1. The van der Waals surface area contributed by atoms with Crippen molar-refractivity contribution >= 4 is 17.5 Å². The Morgan fingerprint density at radius 2 is 1.80 bits per heavy atom. The number of unbranched alkanes of at least 4 members (excludes halogenated alkanes) is 1. The first-order valence-electron chi connectivity index (χ1n) is 11.2. The molecule has 0 saturated carbocycles. The second kappa shape index (κ2) is 10.7. The van der Waals surface area contributed by atoms with Crippen LogP contribution in [0.25, 0.3) is 0 Å². The van der Waals surface area contributed by atoms with Gasteiger partial charge in [0.05, 0.1) is 0 Å². The molecule has 0 bridgehead atoms. The molecule has 1 aliphatic carbocycles. The molecular formula is C24H36N2O4. The Labute approximate surface area is 180 Å². The van der Waals surface area contributed by atoms with Crippen LogP contribution in [0.3, 0.4) is 0 Å². The Balaban J connectivity index is 2.30. The molecule has 6 nitrogen and oxygen atoms in total. The molecule has 1 unspecified atom stereocenters. The Bertz CT molecular complexity index is 761. The molecular weight excluding hydrogens is 380 g/mol. The fraction of sp³-hybridized carbons (Fsp3) is 0.625. The first-order valence-corrected chi connectivity index (χ1v) is 11.2. The molecule has 2 rings (SSSR count). The standard InChI is InChI=1S/C24H36N2O4/c1-6-10-12-19-15-18-16-21(27)24(5,30-22(28)7-2)23(29)20(18)17-26(19)14-11-13-25(8-3)9-4/h15-17H,6-14H2,1-5H3. The largest absolute Gasteiger partial charge is 0.442 e. The number of carbonyl (C=O) groups excluding carboxylic acids is 3. The van der Waals surface area contributed by atoms with Crippen LogP contribution in [0.5, 0.6) is 0 Å². The van der Waals surface area contributed by atoms with Gasteiger partial charge >= 0.3 is 5.97 Å². The molecule has 0 aromatic carbocycles. The van der Waals surface area contributed by atoms with Gasteiger partial charge in [-0.2, -0.15) is 0 Å². The van der Waals surface area contributed by atoms with Gasteiger partial charge in [-0.1, -0.05) is 34.1 Å². The Hall–Kier alpha value is -2.21. The van der Waals surface area contributed by atoms with Gasteiger partial charge < -0.3 is 14.5 Å². The fourth-order valence-corrected chi connectivity index (χ4v) is 3.79. The van der Waals surface area contributed by atoms with Crippen molar-refractivity contribution in [3.05, 3.63) is 35.2 Å². The van der Waals surface area contributed by atoms with Crippen LogP contribution in [0.2, 0.25) is 0 Å². The number of hydrogen-bond donors (Lipinski definition) is 0. The van der Waals surface area contributed by atoms with Crippen LogP contribution in [0.4, 0.5) is 0 Å². The molecule has 30 heavy (non-hydrogen) atoms. The van der Waals surface area contributed by atoms with E-state index in [2.05, 4.69) is 30.6 Å². The molecule has 1 atom stereocenters. The molecule has 0 aromatic heterocycles. The van der Waals surface area contributed by atoms with Gasteiger partial charge in [0.15, 0.2) is 0 Å². The number of hydrogen-bond acceptors (Lipinski definition) is 6. The highest BCUT2D eigenvalue weighted by atomic mass is 16.6. The lowest BCUT2D eigenvalue weighted by Crippen LogP contribution is -2.51. The van der Waals surface area contributed by atoms with Crippen LogP contribution in [0.15, 0.2) is 35.2 Å². The molecule has 0 radical (unpaired) electrons. The summed E-state index contributed by atoms with van der Waals surface area (Å²) in [6.45, 7) is 13.3. The van der Waals surface area contributed by atoms with E-state index in [0.29, 0.717) is 11.1 Å². The average molecular weight is 417 g/mol. The Kier molecular flexibility index (Phi) is 8.59. The summed E-state index contributed by atoms with van der Waals surface area (Å²) in [4.78, 5) is 42.3. The summed E-state index contributed by atoms with van der Waals surface area (Å²) >= 11 is 0. The van der Waals surface area contributed by atoms with E-state index in [0.717, 1.165) is 57.6 Å². The molecule has 0 N–H and O–H groups in total. The van der Waals surface area contributed by atoms with E-state index < -0.39 is 23.1 Å². The molecule has 166 valence electrons. The molecule has 6 heteroatoms. The zero-order valence-corrected chi connectivity index (χ0v) is 19.1. The van der Waals surface area contributed by atoms with Gasteiger partial charge in [-0.25, -0.2) is 0 Å². The Morgan fingerprint density at radius 3 is 2.40 bits per heavy atom. The van der Waals surface area contributed by atoms with Gasteiger partial charge in [-0.05, 0) is 63.5 Å².